The predicted molar refractivity (Wildman–Crippen MR) is 97.8 cm³/mol. The third-order valence-corrected chi connectivity index (χ3v) is 11.6. The maximum atomic E-state index is 6.69. The molecular weight excluding hydrogens is 288 g/mol. The molecule has 3 atom stereocenters. The van der Waals surface area contributed by atoms with Crippen LogP contribution in [0.4, 0.5) is 0 Å². The van der Waals surface area contributed by atoms with Gasteiger partial charge in [-0.3, -0.25) is 0 Å². The summed E-state index contributed by atoms with van der Waals surface area (Å²) < 4.78 is 6.69. The van der Waals surface area contributed by atoms with E-state index in [9.17, 15) is 0 Å². The molecule has 3 heteroatoms. The predicted octanol–water partition coefficient (Wildman–Crippen LogP) is 3.20. The molecule has 2 rings (SSSR count). The Balaban J connectivity index is 2.15. The van der Waals surface area contributed by atoms with Crippen molar-refractivity contribution in [3.05, 3.63) is 60.7 Å². The largest absolute Gasteiger partial charge is 0.413 e. The fourth-order valence-electron chi connectivity index (χ4n) is 2.69. The van der Waals surface area contributed by atoms with Crippen molar-refractivity contribution in [1.29, 1.82) is 0 Å². The molecule has 0 spiro atoms. The van der Waals surface area contributed by atoms with Crippen LogP contribution in [0.1, 0.15) is 13.8 Å². The fourth-order valence-corrected chi connectivity index (χ4v) is 8.20. The zero-order chi connectivity index (χ0) is 15.3. The second-order valence-electron chi connectivity index (χ2n) is 5.97. The van der Waals surface area contributed by atoms with Gasteiger partial charge in [-0.05, 0) is 24.7 Å². The third kappa shape index (κ3) is 3.93. The van der Waals surface area contributed by atoms with Gasteiger partial charge in [-0.25, -0.2) is 0 Å². The van der Waals surface area contributed by atoms with Crippen LogP contribution in [0.2, 0.25) is 19.1 Å². The average Bonchev–Trinajstić information content (AvgIpc) is 2.55. The molecule has 2 unspecified atom stereocenters. The van der Waals surface area contributed by atoms with Gasteiger partial charge in [0.05, 0.1) is 8.80 Å². The maximum absolute atomic E-state index is 6.69. The molecule has 0 aliphatic heterocycles. The highest BCUT2D eigenvalue weighted by Gasteiger charge is 2.33. The average molecular weight is 315 g/mol. The summed E-state index contributed by atoms with van der Waals surface area (Å²) in [5.41, 5.74) is 0.365. The molecule has 0 saturated heterocycles. The van der Waals surface area contributed by atoms with Gasteiger partial charge in [-0.1, -0.05) is 79.3 Å². The van der Waals surface area contributed by atoms with Crippen LogP contribution >= 0.6 is 0 Å². The van der Waals surface area contributed by atoms with Gasteiger partial charge in [-0.15, -0.1) is 0 Å². The Morgan fingerprint density at radius 1 is 1.00 bits per heavy atom. The SMILES string of the molecule is CC[Si](C)(O[C@H](C)[SiH](C)c1ccccc1)c1ccccc1. The zero-order valence-electron chi connectivity index (χ0n) is 13.5. The fraction of sp³-hybridized carbons (Fsp3) is 0.333. The topological polar surface area (TPSA) is 9.23 Å². The van der Waals surface area contributed by atoms with Crippen LogP contribution in [0.5, 0.6) is 0 Å². The molecule has 1 nitrogen and oxygen atoms in total. The van der Waals surface area contributed by atoms with E-state index in [1.165, 1.54) is 10.4 Å². The number of hydrogen-bond donors (Lipinski definition) is 0. The zero-order valence-corrected chi connectivity index (χ0v) is 15.7. The molecule has 2 aromatic carbocycles. The first kappa shape index (κ1) is 16.2. The molecule has 0 saturated carbocycles. The first-order chi connectivity index (χ1) is 10.1. The lowest BCUT2D eigenvalue weighted by molar-refractivity contribution is 0.288. The van der Waals surface area contributed by atoms with Crippen molar-refractivity contribution in [2.45, 2.75) is 38.7 Å². The van der Waals surface area contributed by atoms with Gasteiger partial charge in [0.15, 0.2) is 0 Å². The minimum atomic E-state index is -1.82. The lowest BCUT2D eigenvalue weighted by Crippen LogP contribution is -2.53. The Hall–Kier alpha value is -1.17. The van der Waals surface area contributed by atoms with Crippen LogP contribution in [0.15, 0.2) is 60.7 Å². The van der Waals surface area contributed by atoms with Gasteiger partial charge < -0.3 is 4.43 Å². The summed E-state index contributed by atoms with van der Waals surface area (Å²) >= 11 is 0. The molecular formula is C18H26OSi2. The van der Waals surface area contributed by atoms with E-state index in [0.29, 0.717) is 5.73 Å². The minimum Gasteiger partial charge on any atom is -0.413 e. The third-order valence-electron chi connectivity index (χ3n) is 4.53. The normalized spacial score (nSPS) is 17.0. The van der Waals surface area contributed by atoms with Crippen molar-refractivity contribution in [2.24, 2.45) is 0 Å². The van der Waals surface area contributed by atoms with E-state index in [4.69, 9.17) is 4.43 Å². The van der Waals surface area contributed by atoms with Crippen LogP contribution in [0, 0.1) is 0 Å². The number of hydrogen-bond acceptors (Lipinski definition) is 1. The van der Waals surface area contributed by atoms with E-state index in [2.05, 4.69) is 87.6 Å². The van der Waals surface area contributed by atoms with E-state index < -0.39 is 17.1 Å². The quantitative estimate of drug-likeness (QED) is 0.744. The van der Waals surface area contributed by atoms with Crippen molar-refractivity contribution >= 4 is 27.5 Å². The molecule has 21 heavy (non-hydrogen) atoms. The molecule has 0 radical (unpaired) electrons. The lowest BCUT2D eigenvalue weighted by atomic mass is 10.4. The van der Waals surface area contributed by atoms with Gasteiger partial charge in [0.2, 0.25) is 8.32 Å². The second-order valence-corrected chi connectivity index (χ2v) is 13.1. The van der Waals surface area contributed by atoms with E-state index in [1.807, 2.05) is 0 Å². The summed E-state index contributed by atoms with van der Waals surface area (Å²) in [7, 11) is -2.90. The van der Waals surface area contributed by atoms with E-state index in [-0.39, 0.29) is 0 Å². The summed E-state index contributed by atoms with van der Waals surface area (Å²) in [5, 5.41) is 2.90. The monoisotopic (exact) mass is 314 g/mol. The van der Waals surface area contributed by atoms with E-state index >= 15 is 0 Å². The molecule has 0 fully saturated rings. The van der Waals surface area contributed by atoms with Crippen LogP contribution < -0.4 is 10.4 Å². The Morgan fingerprint density at radius 3 is 2.05 bits per heavy atom. The van der Waals surface area contributed by atoms with Crippen LogP contribution in [-0.4, -0.2) is 22.8 Å². The molecule has 0 heterocycles. The van der Waals surface area contributed by atoms with Crippen molar-refractivity contribution in [1.82, 2.24) is 0 Å². The van der Waals surface area contributed by atoms with Crippen molar-refractivity contribution < 1.29 is 4.43 Å². The van der Waals surface area contributed by atoms with Gasteiger partial charge in [0, 0.05) is 5.73 Å². The molecule has 0 bridgehead atoms. The molecule has 0 N–H and O–H groups in total. The number of rotatable bonds is 6. The lowest BCUT2D eigenvalue weighted by Gasteiger charge is -2.33. The molecule has 0 amide bonds. The highest BCUT2D eigenvalue weighted by atomic mass is 28.4. The van der Waals surface area contributed by atoms with E-state index in [0.717, 1.165) is 6.04 Å². The first-order valence-corrected chi connectivity index (χ1v) is 12.9. The molecule has 0 aliphatic carbocycles. The van der Waals surface area contributed by atoms with Gasteiger partial charge >= 0.3 is 0 Å². The number of benzene rings is 2. The Morgan fingerprint density at radius 2 is 1.52 bits per heavy atom. The molecule has 112 valence electrons. The van der Waals surface area contributed by atoms with Gasteiger partial charge in [-0.2, -0.15) is 0 Å². The van der Waals surface area contributed by atoms with E-state index in [1.54, 1.807) is 0 Å². The highest BCUT2D eigenvalue weighted by molar-refractivity contribution is 6.86. The van der Waals surface area contributed by atoms with Crippen LogP contribution in [0.25, 0.3) is 0 Å². The summed E-state index contributed by atoms with van der Waals surface area (Å²) in [4.78, 5) is 0. The van der Waals surface area contributed by atoms with Gasteiger partial charge in [0.1, 0.15) is 0 Å². The Kier molecular flexibility index (Phi) is 5.56. The summed E-state index contributed by atoms with van der Waals surface area (Å²) in [6, 6.07) is 22.8. The molecule has 0 aliphatic rings. The van der Waals surface area contributed by atoms with Crippen molar-refractivity contribution in [2.75, 3.05) is 0 Å². The first-order valence-electron chi connectivity index (χ1n) is 7.85. The molecule has 0 aromatic heterocycles. The van der Waals surface area contributed by atoms with Gasteiger partial charge in [0.25, 0.3) is 0 Å². The van der Waals surface area contributed by atoms with Crippen molar-refractivity contribution in [3.63, 3.8) is 0 Å². The Labute approximate surface area is 131 Å². The highest BCUT2D eigenvalue weighted by Crippen LogP contribution is 2.15. The van der Waals surface area contributed by atoms with Crippen LogP contribution in [0.3, 0.4) is 0 Å². The summed E-state index contributed by atoms with van der Waals surface area (Å²) in [6.07, 6.45) is 0. The van der Waals surface area contributed by atoms with Crippen molar-refractivity contribution in [3.8, 4) is 0 Å². The van der Waals surface area contributed by atoms with Crippen LogP contribution in [-0.2, 0) is 4.43 Å². The summed E-state index contributed by atoms with van der Waals surface area (Å²) in [5.74, 6) is 0. The standard InChI is InChI=1S/C18H26OSi2/c1-5-21(4,18-14-10-7-11-15-18)19-16(2)20(3)17-12-8-6-9-13-17/h6-16,20H,5H2,1-4H3/t16-,20?,21?/m0/s1. The smallest absolute Gasteiger partial charge is 0.220 e. The Bertz CT molecular complexity index is 544. The second kappa shape index (κ2) is 7.20. The minimum absolute atomic E-state index is 0.365. The summed E-state index contributed by atoms with van der Waals surface area (Å²) in [6.45, 7) is 9.29. The molecule has 2 aromatic rings. The maximum Gasteiger partial charge on any atom is 0.220 e.